The summed E-state index contributed by atoms with van der Waals surface area (Å²) in [4.78, 5) is 14.0. The molecule has 0 radical (unpaired) electrons. The van der Waals surface area contributed by atoms with Crippen molar-refractivity contribution < 1.29 is 9.21 Å². The van der Waals surface area contributed by atoms with E-state index in [1.807, 2.05) is 26.2 Å². The Bertz CT molecular complexity index is 724. The van der Waals surface area contributed by atoms with Crippen molar-refractivity contribution in [2.45, 2.75) is 0 Å². The van der Waals surface area contributed by atoms with Gasteiger partial charge in [-0.05, 0) is 15.9 Å². The number of carbonyl (C=O) groups excluding carboxylic acids is 1. The Morgan fingerprint density at radius 2 is 2.00 bits per heavy atom. The summed E-state index contributed by atoms with van der Waals surface area (Å²) < 4.78 is 6.36. The second-order valence-electron chi connectivity index (χ2n) is 4.56. The lowest BCUT2D eigenvalue weighted by Crippen LogP contribution is -2.07. The van der Waals surface area contributed by atoms with Gasteiger partial charge in [-0.3, -0.25) is 4.79 Å². The van der Waals surface area contributed by atoms with Crippen LogP contribution in [0.15, 0.2) is 50.9 Å². The van der Waals surface area contributed by atoms with Crippen LogP contribution in [0.4, 0.5) is 5.88 Å². The van der Waals surface area contributed by atoms with Crippen LogP contribution in [0.25, 0.3) is 6.08 Å². The second kappa shape index (κ2) is 6.42. The third kappa shape index (κ3) is 3.41. The number of nitrogens with zero attached hydrogens (tertiary/aromatic N) is 2. The average molecular weight is 345 g/mol. The Morgan fingerprint density at radius 3 is 2.52 bits per heavy atom. The van der Waals surface area contributed by atoms with Crippen molar-refractivity contribution in [3.63, 3.8) is 0 Å². The first-order valence-corrected chi connectivity index (χ1v) is 7.00. The van der Waals surface area contributed by atoms with Crippen molar-refractivity contribution in [2.75, 3.05) is 19.0 Å². The minimum atomic E-state index is -0.322. The summed E-state index contributed by atoms with van der Waals surface area (Å²) >= 11 is 3.38. The van der Waals surface area contributed by atoms with Gasteiger partial charge in [0, 0.05) is 31.8 Å². The fourth-order valence-electron chi connectivity index (χ4n) is 1.79. The molecular formula is C16H13BrN2O2. The van der Waals surface area contributed by atoms with Gasteiger partial charge in [-0.2, -0.15) is 5.26 Å². The lowest BCUT2D eigenvalue weighted by Gasteiger charge is -2.07. The molecule has 21 heavy (non-hydrogen) atoms. The average Bonchev–Trinajstić information content (AvgIpc) is 2.86. The summed E-state index contributed by atoms with van der Waals surface area (Å²) in [7, 11) is 3.69. The molecule has 1 heterocycles. The fraction of sp³-hybridized carbons (Fsp3) is 0.125. The minimum absolute atomic E-state index is 0.0350. The van der Waals surface area contributed by atoms with Crippen LogP contribution in [-0.4, -0.2) is 19.9 Å². The van der Waals surface area contributed by atoms with Crippen molar-refractivity contribution >= 4 is 33.7 Å². The van der Waals surface area contributed by atoms with Crippen LogP contribution in [0.5, 0.6) is 0 Å². The summed E-state index contributed by atoms with van der Waals surface area (Å²) in [5, 5.41) is 9.20. The number of Topliss-reactive ketones (excluding diaryl/α,β-unsaturated/α-hetero) is 1. The van der Waals surface area contributed by atoms with Gasteiger partial charge in [0.2, 0.25) is 11.7 Å². The Kier molecular flexibility index (Phi) is 4.61. The maximum atomic E-state index is 12.3. The standard InChI is InChI=1S/C16H13BrN2O2/c1-19(2)16-14(17)9-13(21-16)8-12(10-18)15(20)11-6-4-3-5-7-11/h3-9H,1-2H3. The molecule has 2 aromatic rings. The van der Waals surface area contributed by atoms with Crippen molar-refractivity contribution in [3.05, 3.63) is 57.8 Å². The monoisotopic (exact) mass is 344 g/mol. The summed E-state index contributed by atoms with van der Waals surface area (Å²) in [6.45, 7) is 0. The van der Waals surface area contributed by atoms with Gasteiger partial charge in [-0.25, -0.2) is 0 Å². The Balaban J connectivity index is 2.36. The predicted octanol–water partition coefficient (Wildman–Crippen LogP) is 3.90. The lowest BCUT2D eigenvalue weighted by molar-refractivity contribution is 0.104. The van der Waals surface area contributed by atoms with E-state index >= 15 is 0 Å². The normalized spacial score (nSPS) is 11.0. The van der Waals surface area contributed by atoms with E-state index in [2.05, 4.69) is 15.9 Å². The summed E-state index contributed by atoms with van der Waals surface area (Å²) in [5.41, 5.74) is 0.511. The van der Waals surface area contributed by atoms with Crippen LogP contribution in [-0.2, 0) is 0 Å². The van der Waals surface area contributed by atoms with E-state index in [-0.39, 0.29) is 11.4 Å². The molecule has 1 aromatic heterocycles. The van der Waals surface area contributed by atoms with Crippen LogP contribution >= 0.6 is 15.9 Å². The molecule has 0 fully saturated rings. The molecule has 0 aliphatic carbocycles. The number of allylic oxidation sites excluding steroid dienone is 1. The van der Waals surface area contributed by atoms with E-state index in [1.54, 1.807) is 35.2 Å². The number of hydrogen-bond donors (Lipinski definition) is 0. The van der Waals surface area contributed by atoms with E-state index in [1.165, 1.54) is 6.08 Å². The van der Waals surface area contributed by atoms with Gasteiger partial charge in [0.15, 0.2) is 0 Å². The Morgan fingerprint density at radius 1 is 1.33 bits per heavy atom. The number of carbonyl (C=O) groups is 1. The van der Waals surface area contributed by atoms with Gasteiger partial charge in [0.1, 0.15) is 17.4 Å². The molecule has 0 N–H and O–H groups in total. The molecule has 0 amide bonds. The predicted molar refractivity (Wildman–Crippen MR) is 85.1 cm³/mol. The molecule has 0 aliphatic rings. The summed E-state index contributed by atoms with van der Waals surface area (Å²) in [6, 6.07) is 12.3. The number of ketones is 1. The van der Waals surface area contributed by atoms with Gasteiger partial charge < -0.3 is 9.32 Å². The number of anilines is 1. The molecule has 0 saturated carbocycles. The first-order chi connectivity index (χ1) is 10.0. The van der Waals surface area contributed by atoms with E-state index in [4.69, 9.17) is 4.42 Å². The molecule has 5 heteroatoms. The van der Waals surface area contributed by atoms with Gasteiger partial charge in [0.05, 0.1) is 4.47 Å². The highest BCUT2D eigenvalue weighted by atomic mass is 79.9. The van der Waals surface area contributed by atoms with E-state index in [0.717, 1.165) is 4.47 Å². The molecule has 0 atom stereocenters. The van der Waals surface area contributed by atoms with Crippen molar-refractivity contribution in [2.24, 2.45) is 0 Å². The number of nitriles is 1. The van der Waals surface area contributed by atoms with E-state index in [0.29, 0.717) is 17.2 Å². The van der Waals surface area contributed by atoms with Crippen molar-refractivity contribution in [3.8, 4) is 6.07 Å². The lowest BCUT2D eigenvalue weighted by atomic mass is 10.0. The second-order valence-corrected chi connectivity index (χ2v) is 5.42. The molecule has 2 rings (SSSR count). The van der Waals surface area contributed by atoms with E-state index < -0.39 is 0 Å². The maximum Gasteiger partial charge on any atom is 0.209 e. The van der Waals surface area contributed by atoms with Crippen molar-refractivity contribution in [1.29, 1.82) is 5.26 Å². The number of rotatable bonds is 4. The molecular weight excluding hydrogens is 332 g/mol. The van der Waals surface area contributed by atoms with Gasteiger partial charge in [0.25, 0.3) is 0 Å². The van der Waals surface area contributed by atoms with E-state index in [9.17, 15) is 10.1 Å². The third-order valence-electron chi connectivity index (χ3n) is 2.78. The molecule has 0 bridgehead atoms. The number of hydrogen-bond acceptors (Lipinski definition) is 4. The van der Waals surface area contributed by atoms with Crippen LogP contribution in [0, 0.1) is 11.3 Å². The molecule has 0 spiro atoms. The molecule has 106 valence electrons. The zero-order chi connectivity index (χ0) is 15.4. The Hall–Kier alpha value is -2.32. The third-order valence-corrected chi connectivity index (χ3v) is 3.35. The molecule has 0 aliphatic heterocycles. The highest BCUT2D eigenvalue weighted by Gasteiger charge is 2.14. The smallest absolute Gasteiger partial charge is 0.209 e. The first-order valence-electron chi connectivity index (χ1n) is 6.21. The zero-order valence-electron chi connectivity index (χ0n) is 11.6. The quantitative estimate of drug-likeness (QED) is 0.479. The van der Waals surface area contributed by atoms with Gasteiger partial charge >= 0.3 is 0 Å². The van der Waals surface area contributed by atoms with Crippen LogP contribution < -0.4 is 4.90 Å². The zero-order valence-corrected chi connectivity index (χ0v) is 13.2. The summed E-state index contributed by atoms with van der Waals surface area (Å²) in [6.07, 6.45) is 1.45. The number of furan rings is 1. The molecule has 4 nitrogen and oxygen atoms in total. The molecule has 0 unspecified atom stereocenters. The first kappa shape index (κ1) is 15.1. The SMILES string of the molecule is CN(C)c1oc(C=C(C#N)C(=O)c2ccccc2)cc1Br. The van der Waals surface area contributed by atoms with Crippen molar-refractivity contribution in [1.82, 2.24) is 0 Å². The van der Waals surface area contributed by atoms with Gasteiger partial charge in [-0.15, -0.1) is 0 Å². The fourth-order valence-corrected chi connectivity index (χ4v) is 2.45. The number of halogens is 1. The van der Waals surface area contributed by atoms with Gasteiger partial charge in [-0.1, -0.05) is 30.3 Å². The largest absolute Gasteiger partial charge is 0.440 e. The van der Waals surface area contributed by atoms with Crippen LogP contribution in [0.1, 0.15) is 16.1 Å². The highest BCUT2D eigenvalue weighted by Crippen LogP contribution is 2.30. The number of benzene rings is 1. The summed E-state index contributed by atoms with van der Waals surface area (Å²) in [5.74, 6) is 0.758. The molecule has 0 saturated heterocycles. The topological polar surface area (TPSA) is 57.2 Å². The molecule has 1 aromatic carbocycles. The highest BCUT2D eigenvalue weighted by molar-refractivity contribution is 9.10. The van der Waals surface area contributed by atoms with Crippen LogP contribution in [0.3, 0.4) is 0 Å². The maximum absolute atomic E-state index is 12.3. The minimum Gasteiger partial charge on any atom is -0.440 e. The van der Waals surface area contributed by atoms with Crippen LogP contribution in [0.2, 0.25) is 0 Å². The Labute approximate surface area is 131 Å².